The molecular formula is C29H58O3SSn. The van der Waals surface area contributed by atoms with Gasteiger partial charge in [0.25, 0.3) is 0 Å². The molecule has 0 aromatic rings. The van der Waals surface area contributed by atoms with E-state index in [0.29, 0.717) is 5.75 Å². The van der Waals surface area contributed by atoms with Crippen molar-refractivity contribution in [1.29, 1.82) is 0 Å². The van der Waals surface area contributed by atoms with Crippen LogP contribution < -0.4 is 10.4 Å². The molecule has 0 aromatic carbocycles. The van der Waals surface area contributed by atoms with Crippen LogP contribution in [-0.4, -0.2) is 34.2 Å². The van der Waals surface area contributed by atoms with E-state index in [1.165, 1.54) is 133 Å². The van der Waals surface area contributed by atoms with Gasteiger partial charge in [0.05, 0.1) is 5.92 Å². The minimum absolute atomic E-state index is 0.326. The van der Waals surface area contributed by atoms with Gasteiger partial charge in [-0.15, -0.1) is 0 Å². The second kappa shape index (κ2) is 33.4. The van der Waals surface area contributed by atoms with Crippen LogP contribution >= 0.6 is 12.6 Å². The Bertz CT molecular complexity index is 388. The molecular weight excluding hydrogens is 547 g/mol. The maximum absolute atomic E-state index is 11.2. The van der Waals surface area contributed by atoms with E-state index in [1.54, 1.807) is 22.5 Å². The molecule has 0 aliphatic carbocycles. The number of unbranched alkanes of at least 4 members (excludes halogenated alkanes) is 20. The molecule has 0 aliphatic heterocycles. The zero-order valence-corrected chi connectivity index (χ0v) is 26.7. The van der Waals surface area contributed by atoms with E-state index in [2.05, 4.69) is 31.1 Å². The van der Waals surface area contributed by atoms with Crippen LogP contribution in [0.25, 0.3) is 0 Å². The van der Waals surface area contributed by atoms with Gasteiger partial charge in [0.15, 0.2) is 0 Å². The van der Waals surface area contributed by atoms with Crippen molar-refractivity contribution in [3.05, 3.63) is 0 Å². The van der Waals surface area contributed by atoms with Gasteiger partial charge < -0.3 is 9.83 Å². The molecule has 0 N–H and O–H groups in total. The van der Waals surface area contributed by atoms with E-state index < -0.39 is 5.97 Å². The average molecular weight is 606 g/mol. The fourth-order valence-corrected chi connectivity index (χ4v) is 5.24. The van der Waals surface area contributed by atoms with Crippen LogP contribution in [0.2, 0.25) is 4.44 Å². The quantitative estimate of drug-likeness (QED) is 0.0290. The summed E-state index contributed by atoms with van der Waals surface area (Å²) in [5.74, 6) is -0.580. The first kappa shape index (κ1) is 36.6. The molecule has 0 heterocycles. The Labute approximate surface area is 232 Å². The number of hydrogen-bond acceptors (Lipinski definition) is 3. The SMILES string of the molecule is CCCCCCCCCCCCCCCCCCC(CS)C([O-])=[O+][O-].CCCCCCC[CH2][Sn+]. The molecule has 0 saturated carbocycles. The summed E-state index contributed by atoms with van der Waals surface area (Å²) in [4.78, 5) is 0. The van der Waals surface area contributed by atoms with E-state index >= 15 is 0 Å². The monoisotopic (exact) mass is 606 g/mol. The minimum atomic E-state index is -0.657. The average Bonchev–Trinajstić information content (AvgIpc) is 2.86. The topological polar surface area (TPSA) is 57.4 Å². The van der Waals surface area contributed by atoms with E-state index in [9.17, 15) is 10.4 Å². The fraction of sp³-hybridized carbons (Fsp3) is 0.966. The van der Waals surface area contributed by atoms with E-state index in [-0.39, 0.29) is 5.92 Å². The molecule has 1 unspecified atom stereocenters. The molecule has 0 fully saturated rings. The fourth-order valence-electron chi connectivity index (χ4n) is 4.20. The van der Waals surface area contributed by atoms with Crippen LogP contribution in [0.15, 0.2) is 0 Å². The number of thiol groups is 1. The molecule has 1 atom stereocenters. The van der Waals surface area contributed by atoms with Gasteiger partial charge in [-0.2, -0.15) is 12.6 Å². The normalized spacial score (nSPS) is 12.4. The standard InChI is InChI=1S/C21H42O3S.C8H17.Sn/c1-2-3-4-5-6-7-8-9-10-11-12-13-14-15-16-17-18-20(19-25)21(22)24-23;1-3-5-7-8-6-4-2;/h20,22,25H,2-19H2,1H3;1,3-8H2,2H3;/q;;+1/p-1. The van der Waals surface area contributed by atoms with E-state index in [1.807, 2.05) is 0 Å². The van der Waals surface area contributed by atoms with Crippen LogP contribution in [0.3, 0.4) is 0 Å². The van der Waals surface area contributed by atoms with Crippen LogP contribution in [0.5, 0.6) is 0 Å². The third-order valence-corrected chi connectivity index (χ3v) is 8.02. The van der Waals surface area contributed by atoms with Gasteiger partial charge in [0.1, 0.15) is 0 Å². The zero-order chi connectivity index (χ0) is 25.5. The van der Waals surface area contributed by atoms with E-state index in [4.69, 9.17) is 0 Å². The van der Waals surface area contributed by atoms with Gasteiger partial charge in [-0.1, -0.05) is 110 Å². The Morgan fingerprint density at radius 2 is 0.941 bits per heavy atom. The van der Waals surface area contributed by atoms with Crippen molar-refractivity contribution in [2.45, 2.75) is 166 Å². The van der Waals surface area contributed by atoms with Crippen molar-refractivity contribution < 1.29 is 14.9 Å². The summed E-state index contributed by atoms with van der Waals surface area (Å²) in [6.07, 6.45) is 30.8. The Kier molecular flexibility index (Phi) is 35.9. The molecule has 202 valence electrons. The summed E-state index contributed by atoms with van der Waals surface area (Å²) < 4.78 is 5.00. The van der Waals surface area contributed by atoms with Crippen LogP contribution in [0.1, 0.15) is 162 Å². The summed E-state index contributed by atoms with van der Waals surface area (Å²) in [5, 5.41) is 21.3. The van der Waals surface area contributed by atoms with Gasteiger partial charge in [0, 0.05) is 5.75 Å². The van der Waals surface area contributed by atoms with Crippen LogP contribution in [0.4, 0.5) is 0 Å². The molecule has 5 heteroatoms. The van der Waals surface area contributed by atoms with Crippen molar-refractivity contribution in [2.75, 3.05) is 5.75 Å². The van der Waals surface area contributed by atoms with Gasteiger partial charge in [-0.25, -0.2) is 0 Å². The Morgan fingerprint density at radius 3 is 1.24 bits per heavy atom. The number of rotatable bonds is 25. The first-order valence-corrected chi connectivity index (χ1v) is 17.4. The summed E-state index contributed by atoms with van der Waals surface area (Å²) >= 11 is 5.81. The molecule has 0 amide bonds. The number of carboxylic acid groups (broad SMARTS) is 1. The molecule has 2 radical (unpaired) electrons. The third-order valence-electron chi connectivity index (χ3n) is 6.57. The molecule has 0 rings (SSSR count). The molecule has 34 heavy (non-hydrogen) atoms. The van der Waals surface area contributed by atoms with Gasteiger partial charge in [-0.3, -0.25) is 5.11 Å². The summed E-state index contributed by atoms with van der Waals surface area (Å²) in [7, 11) is 0. The first-order chi connectivity index (χ1) is 16.7. The third kappa shape index (κ3) is 30.4. The van der Waals surface area contributed by atoms with Crippen LogP contribution in [-0.2, 0) is 4.58 Å². The van der Waals surface area contributed by atoms with Crippen molar-refractivity contribution in [2.24, 2.45) is 5.92 Å². The molecule has 0 saturated heterocycles. The molecule has 3 nitrogen and oxygen atoms in total. The number of aliphatic carboxylic acids is 1. The van der Waals surface area contributed by atoms with Crippen LogP contribution in [0, 0.1) is 5.92 Å². The molecule has 0 bridgehead atoms. The molecule has 0 aliphatic rings. The summed E-state index contributed by atoms with van der Waals surface area (Å²) in [6, 6.07) is 0. The molecule has 0 aromatic heterocycles. The van der Waals surface area contributed by atoms with Gasteiger partial charge in [0.2, 0.25) is 0 Å². The van der Waals surface area contributed by atoms with E-state index in [0.717, 1.165) is 19.3 Å². The Hall–Kier alpha value is 0.419. The number of hydrogen-bond donors (Lipinski definition) is 1. The van der Waals surface area contributed by atoms with Gasteiger partial charge in [-0.05, 0) is 6.42 Å². The van der Waals surface area contributed by atoms with Gasteiger partial charge >= 0.3 is 78.4 Å². The summed E-state index contributed by atoms with van der Waals surface area (Å²) in [5.41, 5.74) is 0. The Morgan fingerprint density at radius 1 is 0.618 bits per heavy atom. The molecule has 0 spiro atoms. The van der Waals surface area contributed by atoms with Crippen molar-refractivity contribution in [1.82, 2.24) is 0 Å². The number of carbonyl (C=O) groups excluding carboxylic acids is 1. The number of carboxylic acids is 1. The second-order valence-corrected chi connectivity index (χ2v) is 11.7. The Balaban J connectivity index is 0. The first-order valence-electron chi connectivity index (χ1n) is 14.8. The van der Waals surface area contributed by atoms with Crippen molar-refractivity contribution in [3.8, 4) is 0 Å². The van der Waals surface area contributed by atoms with Crippen molar-refractivity contribution in [3.63, 3.8) is 0 Å². The summed E-state index contributed by atoms with van der Waals surface area (Å²) in [6.45, 7) is 4.54. The maximum atomic E-state index is 11.2. The predicted octanol–water partition coefficient (Wildman–Crippen LogP) is 7.68. The zero-order valence-electron chi connectivity index (χ0n) is 22.9. The predicted molar refractivity (Wildman–Crippen MR) is 150 cm³/mol. The van der Waals surface area contributed by atoms with Crippen molar-refractivity contribution >= 4 is 41.1 Å². The second-order valence-electron chi connectivity index (χ2n) is 9.89.